The highest BCUT2D eigenvalue weighted by molar-refractivity contribution is 7.92. The summed E-state index contributed by atoms with van der Waals surface area (Å²) in [7, 11) is -1.72. The molecule has 0 bridgehead atoms. The molecule has 24 heavy (non-hydrogen) atoms. The number of rotatable bonds is 6. The average Bonchev–Trinajstić information content (AvgIpc) is 2.92. The molecule has 1 unspecified atom stereocenters. The molecule has 0 aliphatic carbocycles. The van der Waals surface area contributed by atoms with Gasteiger partial charge in [-0.1, -0.05) is 0 Å². The van der Waals surface area contributed by atoms with Crippen molar-refractivity contribution >= 4 is 27.5 Å². The highest BCUT2D eigenvalue weighted by Gasteiger charge is 2.21. The predicted molar refractivity (Wildman–Crippen MR) is 87.3 cm³/mol. The lowest BCUT2D eigenvalue weighted by atomic mass is 10.1. The third-order valence-electron chi connectivity index (χ3n) is 3.07. The number of aryl methyl sites for hydroxylation is 1. The van der Waals surface area contributed by atoms with Crippen LogP contribution in [0, 0.1) is 0 Å². The maximum atomic E-state index is 12.3. The predicted octanol–water partition coefficient (Wildman–Crippen LogP) is 1.22. The summed E-state index contributed by atoms with van der Waals surface area (Å²) in [6.07, 6.45) is 2.90. The minimum absolute atomic E-state index is 0.254. The van der Waals surface area contributed by atoms with Gasteiger partial charge in [0.2, 0.25) is 15.8 Å². The van der Waals surface area contributed by atoms with Crippen molar-refractivity contribution in [1.29, 1.82) is 0 Å². The van der Waals surface area contributed by atoms with Crippen LogP contribution in [0.15, 0.2) is 36.7 Å². The number of carbonyl (C=O) groups excluding carboxylic acids is 2. The van der Waals surface area contributed by atoms with E-state index >= 15 is 0 Å². The lowest BCUT2D eigenvalue weighted by Crippen LogP contribution is -2.24. The van der Waals surface area contributed by atoms with Gasteiger partial charge in [-0.3, -0.25) is 14.2 Å². The maximum Gasteiger partial charge on any atom is 0.342 e. The number of esters is 1. The number of anilines is 1. The van der Waals surface area contributed by atoms with Gasteiger partial charge in [0.15, 0.2) is 6.10 Å². The molecule has 2 rings (SSSR count). The first-order valence-corrected chi connectivity index (χ1v) is 8.86. The fourth-order valence-electron chi connectivity index (χ4n) is 1.96. The number of hydrogen-bond donors (Lipinski definition) is 1. The lowest BCUT2D eigenvalue weighted by Gasteiger charge is -2.12. The quantitative estimate of drug-likeness (QED) is 0.619. The molecule has 0 saturated carbocycles. The van der Waals surface area contributed by atoms with Crippen LogP contribution >= 0.6 is 0 Å². The molecule has 1 heterocycles. The monoisotopic (exact) mass is 351 g/mol. The molecule has 0 amide bonds. The first-order valence-electron chi connectivity index (χ1n) is 6.97. The Morgan fingerprint density at radius 2 is 1.83 bits per heavy atom. The second-order valence-electron chi connectivity index (χ2n) is 5.27. The average molecular weight is 351 g/mol. The molecule has 0 aliphatic rings. The minimum Gasteiger partial charge on any atom is -0.451 e. The molecule has 1 aromatic carbocycles. The molecule has 8 nitrogen and oxygen atoms in total. The van der Waals surface area contributed by atoms with Crippen molar-refractivity contribution < 1.29 is 22.7 Å². The Morgan fingerprint density at radius 1 is 1.21 bits per heavy atom. The van der Waals surface area contributed by atoms with Crippen molar-refractivity contribution in [1.82, 2.24) is 9.78 Å². The molecule has 2 aromatic rings. The third-order valence-corrected chi connectivity index (χ3v) is 3.67. The molecule has 0 spiro atoms. The van der Waals surface area contributed by atoms with Gasteiger partial charge in [0.05, 0.1) is 18.0 Å². The van der Waals surface area contributed by atoms with E-state index in [0.29, 0.717) is 11.3 Å². The number of nitrogens with one attached hydrogen (secondary N) is 1. The SMILES string of the molecule is CC(OC(=O)c1cnn(C)c1)C(=O)c1ccc(NS(C)(=O)=O)cc1. The smallest absolute Gasteiger partial charge is 0.342 e. The zero-order valence-electron chi connectivity index (χ0n) is 13.4. The number of benzene rings is 1. The normalized spacial score (nSPS) is 12.5. The Hall–Kier alpha value is -2.68. The van der Waals surface area contributed by atoms with Crippen LogP contribution in [0.1, 0.15) is 27.6 Å². The van der Waals surface area contributed by atoms with Gasteiger partial charge in [0.25, 0.3) is 0 Å². The van der Waals surface area contributed by atoms with Gasteiger partial charge < -0.3 is 4.74 Å². The Labute approximate surface area is 139 Å². The zero-order valence-corrected chi connectivity index (χ0v) is 14.2. The van der Waals surface area contributed by atoms with Crippen molar-refractivity contribution in [3.8, 4) is 0 Å². The summed E-state index contributed by atoms with van der Waals surface area (Å²) in [5, 5.41) is 3.86. The molecule has 1 aromatic heterocycles. The Kier molecular flexibility index (Phi) is 5.03. The lowest BCUT2D eigenvalue weighted by molar-refractivity contribution is 0.0318. The molecule has 9 heteroatoms. The fraction of sp³-hybridized carbons (Fsp3) is 0.267. The van der Waals surface area contributed by atoms with Gasteiger partial charge in [0.1, 0.15) is 0 Å². The standard InChI is InChI=1S/C15H17N3O5S/c1-10(23-15(20)12-8-16-18(2)9-12)14(19)11-4-6-13(7-5-11)17-24(3,21)22/h4-10,17H,1-3H3. The van der Waals surface area contributed by atoms with E-state index in [-0.39, 0.29) is 5.56 Å². The van der Waals surface area contributed by atoms with E-state index in [4.69, 9.17) is 4.74 Å². The van der Waals surface area contributed by atoms with Crippen LogP contribution in [-0.2, 0) is 21.8 Å². The highest BCUT2D eigenvalue weighted by atomic mass is 32.2. The number of ether oxygens (including phenoxy) is 1. The summed E-state index contributed by atoms with van der Waals surface area (Å²) in [4.78, 5) is 24.2. The van der Waals surface area contributed by atoms with Crippen LogP contribution in [0.4, 0.5) is 5.69 Å². The van der Waals surface area contributed by atoms with Gasteiger partial charge in [-0.2, -0.15) is 5.10 Å². The summed E-state index contributed by atoms with van der Waals surface area (Å²) < 4.78 is 31.2. The summed E-state index contributed by atoms with van der Waals surface area (Å²) in [5.41, 5.74) is 0.902. The Balaban J connectivity index is 2.03. The molecule has 0 radical (unpaired) electrons. The number of ketones is 1. The van der Waals surface area contributed by atoms with E-state index in [2.05, 4.69) is 9.82 Å². The molecule has 0 saturated heterocycles. The Morgan fingerprint density at radius 3 is 2.33 bits per heavy atom. The molecule has 1 atom stereocenters. The van der Waals surface area contributed by atoms with E-state index in [0.717, 1.165) is 6.26 Å². The summed E-state index contributed by atoms with van der Waals surface area (Å²) in [5.74, 6) is -1.03. The number of carbonyl (C=O) groups is 2. The van der Waals surface area contributed by atoms with Gasteiger partial charge in [-0.25, -0.2) is 13.2 Å². The summed E-state index contributed by atoms with van der Waals surface area (Å²) >= 11 is 0. The molecular weight excluding hydrogens is 334 g/mol. The van der Waals surface area contributed by atoms with E-state index < -0.39 is 27.9 Å². The molecule has 128 valence electrons. The largest absolute Gasteiger partial charge is 0.451 e. The van der Waals surface area contributed by atoms with Gasteiger partial charge in [-0.15, -0.1) is 0 Å². The van der Waals surface area contributed by atoms with Crippen LogP contribution in [0.3, 0.4) is 0 Å². The van der Waals surface area contributed by atoms with E-state index in [1.807, 2.05) is 0 Å². The Bertz CT molecular complexity index is 855. The second kappa shape index (κ2) is 6.83. The van der Waals surface area contributed by atoms with Crippen LogP contribution in [0.2, 0.25) is 0 Å². The first-order chi connectivity index (χ1) is 11.2. The zero-order chi connectivity index (χ0) is 17.9. The van der Waals surface area contributed by atoms with Crippen LogP contribution in [0.5, 0.6) is 0 Å². The van der Waals surface area contributed by atoms with E-state index in [9.17, 15) is 18.0 Å². The third kappa shape index (κ3) is 4.66. The van der Waals surface area contributed by atoms with Crippen LogP contribution < -0.4 is 4.72 Å². The highest BCUT2D eigenvalue weighted by Crippen LogP contribution is 2.14. The maximum absolute atomic E-state index is 12.3. The first kappa shape index (κ1) is 17.7. The second-order valence-corrected chi connectivity index (χ2v) is 7.01. The van der Waals surface area contributed by atoms with Gasteiger partial charge in [-0.05, 0) is 31.2 Å². The molecule has 0 aliphatic heterocycles. The topological polar surface area (TPSA) is 107 Å². The number of aromatic nitrogens is 2. The number of nitrogens with zero attached hydrogens (tertiary/aromatic N) is 2. The van der Waals surface area contributed by atoms with Crippen LogP contribution in [-0.4, -0.2) is 42.3 Å². The number of Topliss-reactive ketones (excluding diaryl/α,β-unsaturated/α-hetero) is 1. The summed E-state index contributed by atoms with van der Waals surface area (Å²) in [6, 6.07) is 5.85. The van der Waals surface area contributed by atoms with E-state index in [1.54, 1.807) is 7.05 Å². The van der Waals surface area contributed by atoms with Gasteiger partial charge in [0, 0.05) is 24.5 Å². The summed E-state index contributed by atoms with van der Waals surface area (Å²) in [6.45, 7) is 1.47. The van der Waals surface area contributed by atoms with E-state index in [1.165, 1.54) is 48.3 Å². The van der Waals surface area contributed by atoms with Crippen molar-refractivity contribution in [2.75, 3.05) is 11.0 Å². The molecule has 1 N–H and O–H groups in total. The van der Waals surface area contributed by atoms with Crippen LogP contribution in [0.25, 0.3) is 0 Å². The molecule has 0 fully saturated rings. The van der Waals surface area contributed by atoms with Gasteiger partial charge >= 0.3 is 5.97 Å². The van der Waals surface area contributed by atoms with Crippen molar-refractivity contribution in [2.24, 2.45) is 7.05 Å². The minimum atomic E-state index is -3.38. The number of hydrogen-bond acceptors (Lipinski definition) is 6. The van der Waals surface area contributed by atoms with Crippen molar-refractivity contribution in [3.05, 3.63) is 47.8 Å². The van der Waals surface area contributed by atoms with Crippen molar-refractivity contribution in [2.45, 2.75) is 13.0 Å². The fourth-order valence-corrected chi connectivity index (χ4v) is 2.52. The van der Waals surface area contributed by atoms with Crippen molar-refractivity contribution in [3.63, 3.8) is 0 Å². The molecular formula is C15H17N3O5S. The number of sulfonamides is 1.